The molecule has 1 rings (SSSR count). The zero-order chi connectivity index (χ0) is 11.6. The lowest BCUT2D eigenvalue weighted by molar-refractivity contribution is 0.506. The molecule has 1 aromatic rings. The molecule has 0 fully saturated rings. The van der Waals surface area contributed by atoms with Gasteiger partial charge in [-0.25, -0.2) is 9.97 Å². The van der Waals surface area contributed by atoms with Crippen LogP contribution in [0.5, 0.6) is 0 Å². The van der Waals surface area contributed by atoms with E-state index < -0.39 is 0 Å². The van der Waals surface area contributed by atoms with Crippen molar-refractivity contribution in [2.45, 2.75) is 47.0 Å². The van der Waals surface area contributed by atoms with Crippen molar-refractivity contribution in [1.82, 2.24) is 9.97 Å². The molecule has 0 aromatic carbocycles. The summed E-state index contributed by atoms with van der Waals surface area (Å²) in [5, 5.41) is 0.591. The van der Waals surface area contributed by atoms with Crippen LogP contribution in [0.15, 0.2) is 0 Å². The van der Waals surface area contributed by atoms with Gasteiger partial charge in [-0.2, -0.15) is 0 Å². The third-order valence-corrected chi connectivity index (χ3v) is 2.98. The molecule has 0 saturated heterocycles. The zero-order valence-electron chi connectivity index (χ0n) is 10.1. The van der Waals surface area contributed by atoms with Gasteiger partial charge in [0.2, 0.25) is 0 Å². The van der Waals surface area contributed by atoms with E-state index in [4.69, 9.17) is 11.6 Å². The van der Waals surface area contributed by atoms with Gasteiger partial charge in [0.1, 0.15) is 11.0 Å². The quantitative estimate of drug-likeness (QED) is 0.731. The first-order valence-electron chi connectivity index (χ1n) is 5.42. The highest BCUT2D eigenvalue weighted by Gasteiger charge is 2.13. The van der Waals surface area contributed by atoms with E-state index >= 15 is 0 Å². The lowest BCUT2D eigenvalue weighted by atomic mass is 9.98. The number of rotatable bonds is 3. The summed E-state index contributed by atoms with van der Waals surface area (Å²) in [4.78, 5) is 8.83. The second-order valence-corrected chi connectivity index (χ2v) is 4.97. The molecule has 0 spiro atoms. The Morgan fingerprint density at radius 3 is 2.20 bits per heavy atom. The van der Waals surface area contributed by atoms with Crippen molar-refractivity contribution in [3.05, 3.63) is 22.2 Å². The molecule has 15 heavy (non-hydrogen) atoms. The van der Waals surface area contributed by atoms with Gasteiger partial charge in [0.25, 0.3) is 0 Å². The summed E-state index contributed by atoms with van der Waals surface area (Å²) in [6.45, 7) is 10.5. The minimum atomic E-state index is 0.377. The molecule has 1 atom stereocenters. The Labute approximate surface area is 97.1 Å². The van der Waals surface area contributed by atoms with Crippen LogP contribution in [0.3, 0.4) is 0 Å². The van der Waals surface area contributed by atoms with Gasteiger partial charge in [-0.3, -0.25) is 0 Å². The molecule has 0 radical (unpaired) electrons. The summed E-state index contributed by atoms with van der Waals surface area (Å²) in [6.07, 6.45) is 1.10. The summed E-state index contributed by atoms with van der Waals surface area (Å²) in [5.74, 6) is 1.91. The van der Waals surface area contributed by atoms with Crippen molar-refractivity contribution >= 4 is 11.6 Å². The van der Waals surface area contributed by atoms with E-state index in [-0.39, 0.29) is 0 Å². The summed E-state index contributed by atoms with van der Waals surface area (Å²) in [6, 6.07) is 0. The van der Waals surface area contributed by atoms with Crippen LogP contribution in [0.2, 0.25) is 5.15 Å². The van der Waals surface area contributed by atoms with Crippen molar-refractivity contribution in [3.63, 3.8) is 0 Å². The van der Waals surface area contributed by atoms with Gasteiger partial charge >= 0.3 is 0 Å². The van der Waals surface area contributed by atoms with Gasteiger partial charge < -0.3 is 0 Å². The molecular weight excluding hydrogens is 208 g/mol. The third kappa shape index (κ3) is 3.16. The smallest absolute Gasteiger partial charge is 0.135 e. The Bertz CT molecular complexity index is 324. The zero-order valence-corrected chi connectivity index (χ0v) is 10.9. The molecule has 0 saturated carbocycles. The first-order valence-corrected chi connectivity index (χ1v) is 5.80. The molecule has 1 heterocycles. The maximum Gasteiger partial charge on any atom is 0.135 e. The minimum Gasteiger partial charge on any atom is -0.238 e. The average Bonchev–Trinajstić information content (AvgIpc) is 2.12. The Morgan fingerprint density at radius 1 is 1.13 bits per heavy atom. The van der Waals surface area contributed by atoms with Gasteiger partial charge in [0.15, 0.2) is 0 Å². The van der Waals surface area contributed by atoms with E-state index in [1.54, 1.807) is 0 Å². The molecule has 2 nitrogen and oxygen atoms in total. The topological polar surface area (TPSA) is 25.8 Å². The number of nitrogens with zero attached hydrogens (tertiary/aromatic N) is 2. The Balaban J connectivity index is 2.95. The Kier molecular flexibility index (Phi) is 4.09. The van der Waals surface area contributed by atoms with Crippen LogP contribution in [0.1, 0.15) is 50.2 Å². The molecule has 3 heteroatoms. The molecule has 0 aliphatic heterocycles. The van der Waals surface area contributed by atoms with Crippen LogP contribution in [0, 0.1) is 19.8 Å². The number of hydrogen-bond acceptors (Lipinski definition) is 2. The van der Waals surface area contributed by atoms with E-state index in [0.29, 0.717) is 17.0 Å². The van der Waals surface area contributed by atoms with E-state index in [2.05, 4.69) is 30.7 Å². The largest absolute Gasteiger partial charge is 0.238 e. The molecule has 1 unspecified atom stereocenters. The summed E-state index contributed by atoms with van der Waals surface area (Å²) in [7, 11) is 0. The van der Waals surface area contributed by atoms with E-state index in [1.165, 1.54) is 0 Å². The SMILES string of the molecule is Cc1nc(C(C)CC(C)C)nc(Cl)c1C. The first-order chi connectivity index (χ1) is 6.91. The van der Waals surface area contributed by atoms with E-state index in [9.17, 15) is 0 Å². The van der Waals surface area contributed by atoms with Crippen molar-refractivity contribution in [3.8, 4) is 0 Å². The minimum absolute atomic E-state index is 0.377. The van der Waals surface area contributed by atoms with Crippen molar-refractivity contribution in [2.75, 3.05) is 0 Å². The maximum atomic E-state index is 6.05. The van der Waals surface area contributed by atoms with Crippen molar-refractivity contribution < 1.29 is 0 Å². The van der Waals surface area contributed by atoms with Gasteiger partial charge in [-0.05, 0) is 26.2 Å². The second-order valence-electron chi connectivity index (χ2n) is 4.61. The van der Waals surface area contributed by atoms with Gasteiger partial charge in [0, 0.05) is 17.2 Å². The summed E-state index contributed by atoms with van der Waals surface area (Å²) in [5.41, 5.74) is 1.97. The molecule has 0 amide bonds. The van der Waals surface area contributed by atoms with Crippen molar-refractivity contribution in [1.29, 1.82) is 0 Å². The summed E-state index contributed by atoms with van der Waals surface area (Å²) >= 11 is 6.05. The molecule has 0 aliphatic carbocycles. The fourth-order valence-corrected chi connectivity index (χ4v) is 1.87. The molecule has 1 aromatic heterocycles. The standard InChI is InChI=1S/C12H19ClN2/c1-7(2)6-8(3)12-14-10(5)9(4)11(13)15-12/h7-8H,6H2,1-5H3. The van der Waals surface area contributed by atoms with Gasteiger partial charge in [0.05, 0.1) is 0 Å². The highest BCUT2D eigenvalue weighted by molar-refractivity contribution is 6.30. The number of aryl methyl sites for hydroxylation is 1. The van der Waals surface area contributed by atoms with E-state index in [0.717, 1.165) is 23.5 Å². The number of hydrogen-bond donors (Lipinski definition) is 0. The lowest BCUT2D eigenvalue weighted by Crippen LogP contribution is -2.06. The molecule has 84 valence electrons. The van der Waals surface area contributed by atoms with Crippen LogP contribution in [0.4, 0.5) is 0 Å². The number of halogens is 1. The van der Waals surface area contributed by atoms with Crippen LogP contribution < -0.4 is 0 Å². The van der Waals surface area contributed by atoms with Crippen LogP contribution >= 0.6 is 11.6 Å². The fourth-order valence-electron chi connectivity index (χ4n) is 1.65. The molecule has 0 aliphatic rings. The highest BCUT2D eigenvalue weighted by Crippen LogP contribution is 2.23. The van der Waals surface area contributed by atoms with Gasteiger partial charge in [-0.1, -0.05) is 32.4 Å². The van der Waals surface area contributed by atoms with E-state index in [1.807, 2.05) is 13.8 Å². The lowest BCUT2D eigenvalue weighted by Gasteiger charge is -2.14. The predicted molar refractivity (Wildman–Crippen MR) is 64.4 cm³/mol. The van der Waals surface area contributed by atoms with Crippen LogP contribution in [0.25, 0.3) is 0 Å². The number of aromatic nitrogens is 2. The maximum absolute atomic E-state index is 6.05. The first kappa shape index (κ1) is 12.4. The second kappa shape index (κ2) is 4.93. The van der Waals surface area contributed by atoms with Crippen LogP contribution in [-0.2, 0) is 0 Å². The Morgan fingerprint density at radius 2 is 1.73 bits per heavy atom. The fraction of sp³-hybridized carbons (Fsp3) is 0.667. The molecule has 0 bridgehead atoms. The van der Waals surface area contributed by atoms with Crippen LogP contribution in [-0.4, -0.2) is 9.97 Å². The molecular formula is C12H19ClN2. The predicted octanol–water partition coefficient (Wildman–Crippen LogP) is 3.90. The van der Waals surface area contributed by atoms with Gasteiger partial charge in [-0.15, -0.1) is 0 Å². The molecule has 0 N–H and O–H groups in total. The monoisotopic (exact) mass is 226 g/mol. The Hall–Kier alpha value is -0.630. The highest BCUT2D eigenvalue weighted by atomic mass is 35.5. The van der Waals surface area contributed by atoms with Crippen molar-refractivity contribution in [2.24, 2.45) is 5.92 Å². The average molecular weight is 227 g/mol. The normalized spacial score (nSPS) is 13.3. The third-order valence-electron chi connectivity index (χ3n) is 2.61. The summed E-state index contributed by atoms with van der Waals surface area (Å²) < 4.78 is 0.